The number of nitrogens with zero attached hydrogens (tertiary/aromatic N) is 1. The van der Waals surface area contributed by atoms with Crippen LogP contribution in [-0.2, 0) is 9.53 Å². The van der Waals surface area contributed by atoms with Crippen LogP contribution >= 0.6 is 0 Å². The number of ether oxygens (including phenoxy) is 1. The monoisotopic (exact) mass is 353 g/mol. The van der Waals surface area contributed by atoms with E-state index in [1.807, 2.05) is 38.1 Å². The maximum Gasteiger partial charge on any atom is 0.410 e. The summed E-state index contributed by atoms with van der Waals surface area (Å²) in [5, 5.41) is 9.07. The van der Waals surface area contributed by atoms with Crippen molar-refractivity contribution < 1.29 is 19.4 Å². The fraction of sp³-hybridized carbons (Fsp3) is 0.333. The van der Waals surface area contributed by atoms with Crippen LogP contribution in [-0.4, -0.2) is 41.3 Å². The molecule has 5 heteroatoms. The maximum atomic E-state index is 12.5. The van der Waals surface area contributed by atoms with Gasteiger partial charge in [-0.1, -0.05) is 55.5 Å². The Morgan fingerprint density at radius 3 is 2.12 bits per heavy atom. The predicted octanol–water partition coefficient (Wildman–Crippen LogP) is 4.12. The first-order valence-corrected chi connectivity index (χ1v) is 8.86. The van der Waals surface area contributed by atoms with Crippen molar-refractivity contribution >= 4 is 12.1 Å². The fourth-order valence-electron chi connectivity index (χ4n) is 3.44. The fourth-order valence-corrected chi connectivity index (χ4v) is 3.44. The summed E-state index contributed by atoms with van der Waals surface area (Å²) in [6.45, 7) is 3.58. The van der Waals surface area contributed by atoms with Crippen LogP contribution in [0.4, 0.5) is 4.79 Å². The summed E-state index contributed by atoms with van der Waals surface area (Å²) in [6.07, 6.45) is 0.0842. The quantitative estimate of drug-likeness (QED) is 0.848. The molecule has 0 bridgehead atoms. The number of fused-ring (bicyclic) bond motifs is 3. The molecular formula is C21H23NO4. The number of rotatable bonds is 6. The third-order valence-corrected chi connectivity index (χ3v) is 5.00. The lowest BCUT2D eigenvalue weighted by Crippen LogP contribution is -2.42. The van der Waals surface area contributed by atoms with Crippen molar-refractivity contribution in [2.45, 2.75) is 32.2 Å². The minimum absolute atomic E-state index is 0.0324. The Balaban J connectivity index is 1.79. The molecule has 3 rings (SSSR count). The van der Waals surface area contributed by atoms with Gasteiger partial charge in [-0.25, -0.2) is 4.79 Å². The zero-order valence-corrected chi connectivity index (χ0v) is 15.0. The summed E-state index contributed by atoms with van der Waals surface area (Å²) in [5.74, 6) is -1.08. The molecule has 0 fully saturated rings. The van der Waals surface area contributed by atoms with Crippen molar-refractivity contribution in [2.24, 2.45) is 0 Å². The molecule has 2 aromatic rings. The highest BCUT2D eigenvalue weighted by molar-refractivity contribution is 5.79. The minimum Gasteiger partial charge on any atom is -0.480 e. The molecule has 2 aromatic carbocycles. The number of carboxylic acid groups (broad SMARTS) is 1. The van der Waals surface area contributed by atoms with E-state index < -0.39 is 12.1 Å². The Morgan fingerprint density at radius 2 is 1.62 bits per heavy atom. The summed E-state index contributed by atoms with van der Waals surface area (Å²) in [4.78, 5) is 24.8. The van der Waals surface area contributed by atoms with Gasteiger partial charge in [0.05, 0.1) is 0 Å². The number of carbonyl (C=O) groups excluding carboxylic acids is 1. The zero-order chi connectivity index (χ0) is 18.7. The molecule has 5 nitrogen and oxygen atoms in total. The predicted molar refractivity (Wildman–Crippen MR) is 99.2 cm³/mol. The van der Waals surface area contributed by atoms with Gasteiger partial charge >= 0.3 is 12.1 Å². The number of aliphatic carboxylic acids is 1. The summed E-state index contributed by atoms with van der Waals surface area (Å²) in [5.41, 5.74) is 4.59. The van der Waals surface area contributed by atoms with Gasteiger partial charge in [0.1, 0.15) is 13.2 Å². The SMILES string of the molecule is CC[C@H](C)N(CC(=O)O)C(=O)OCC1c2ccccc2-c2ccccc21. The highest BCUT2D eigenvalue weighted by Crippen LogP contribution is 2.44. The highest BCUT2D eigenvalue weighted by Gasteiger charge is 2.30. The number of hydrogen-bond donors (Lipinski definition) is 1. The van der Waals surface area contributed by atoms with E-state index >= 15 is 0 Å². The van der Waals surface area contributed by atoms with Crippen LogP contribution in [0.25, 0.3) is 11.1 Å². The van der Waals surface area contributed by atoms with Crippen LogP contribution in [0.3, 0.4) is 0 Å². The van der Waals surface area contributed by atoms with Crippen LogP contribution in [0.5, 0.6) is 0 Å². The van der Waals surface area contributed by atoms with E-state index in [1.165, 1.54) is 4.90 Å². The molecule has 0 unspecified atom stereocenters. The molecule has 26 heavy (non-hydrogen) atoms. The Bertz CT molecular complexity index is 772. The van der Waals surface area contributed by atoms with Gasteiger partial charge in [-0.2, -0.15) is 0 Å². The molecule has 0 aliphatic heterocycles. The van der Waals surface area contributed by atoms with Crippen LogP contribution in [0.2, 0.25) is 0 Å². The van der Waals surface area contributed by atoms with Crippen molar-refractivity contribution in [3.8, 4) is 11.1 Å². The van der Waals surface area contributed by atoms with Crippen molar-refractivity contribution in [1.29, 1.82) is 0 Å². The molecule has 1 amide bonds. The van der Waals surface area contributed by atoms with Crippen LogP contribution in [0.15, 0.2) is 48.5 Å². The van der Waals surface area contributed by atoms with E-state index in [9.17, 15) is 9.59 Å². The first-order valence-electron chi connectivity index (χ1n) is 8.86. The summed E-state index contributed by atoms with van der Waals surface area (Å²) < 4.78 is 5.55. The molecule has 0 spiro atoms. The van der Waals surface area contributed by atoms with E-state index in [1.54, 1.807) is 0 Å². The number of amides is 1. The van der Waals surface area contributed by atoms with Gasteiger partial charge < -0.3 is 9.84 Å². The van der Waals surface area contributed by atoms with Crippen molar-refractivity contribution in [2.75, 3.05) is 13.2 Å². The van der Waals surface area contributed by atoms with Crippen molar-refractivity contribution in [1.82, 2.24) is 4.90 Å². The third-order valence-electron chi connectivity index (χ3n) is 5.00. The van der Waals surface area contributed by atoms with E-state index in [4.69, 9.17) is 9.84 Å². The average molecular weight is 353 g/mol. The molecule has 1 N–H and O–H groups in total. The molecular weight excluding hydrogens is 330 g/mol. The standard InChI is InChI=1S/C21H23NO4/c1-3-14(2)22(12-20(23)24)21(25)26-13-19-17-10-6-4-8-15(17)16-9-5-7-11-18(16)19/h4-11,14,19H,3,12-13H2,1-2H3,(H,23,24)/t14-/m0/s1. The van der Waals surface area contributed by atoms with Crippen LogP contribution in [0.1, 0.15) is 37.3 Å². The lowest BCUT2D eigenvalue weighted by atomic mass is 9.98. The van der Waals surface area contributed by atoms with Crippen LogP contribution < -0.4 is 0 Å². The van der Waals surface area contributed by atoms with Crippen LogP contribution in [0, 0.1) is 0 Å². The summed E-state index contributed by atoms with van der Waals surface area (Å²) >= 11 is 0. The van der Waals surface area contributed by atoms with Gasteiger partial charge in [-0.05, 0) is 35.6 Å². The molecule has 1 aliphatic rings. The van der Waals surface area contributed by atoms with E-state index in [-0.39, 0.29) is 25.1 Å². The van der Waals surface area contributed by atoms with Gasteiger partial charge in [0.25, 0.3) is 0 Å². The third kappa shape index (κ3) is 3.43. The lowest BCUT2D eigenvalue weighted by Gasteiger charge is -2.27. The summed E-state index contributed by atoms with van der Waals surface area (Å²) in [6, 6.07) is 16.0. The highest BCUT2D eigenvalue weighted by atomic mass is 16.6. The van der Waals surface area contributed by atoms with E-state index in [2.05, 4.69) is 24.3 Å². The Kier molecular flexibility index (Phi) is 5.26. The second-order valence-electron chi connectivity index (χ2n) is 6.58. The molecule has 0 radical (unpaired) electrons. The second kappa shape index (κ2) is 7.60. The first-order chi connectivity index (χ1) is 12.5. The number of carboxylic acids is 1. The first kappa shape index (κ1) is 18.0. The minimum atomic E-state index is -1.04. The molecule has 136 valence electrons. The topological polar surface area (TPSA) is 66.8 Å². The van der Waals surface area contributed by atoms with E-state index in [0.29, 0.717) is 6.42 Å². The Morgan fingerprint density at radius 1 is 1.08 bits per heavy atom. The second-order valence-corrected chi connectivity index (χ2v) is 6.58. The molecule has 1 atom stereocenters. The van der Waals surface area contributed by atoms with Gasteiger partial charge in [0.15, 0.2) is 0 Å². The van der Waals surface area contributed by atoms with Gasteiger partial charge in [0.2, 0.25) is 0 Å². The molecule has 0 heterocycles. The largest absolute Gasteiger partial charge is 0.480 e. The van der Waals surface area contributed by atoms with Crippen molar-refractivity contribution in [3.63, 3.8) is 0 Å². The maximum absolute atomic E-state index is 12.5. The number of hydrogen-bond acceptors (Lipinski definition) is 3. The van der Waals surface area contributed by atoms with Gasteiger partial charge in [-0.3, -0.25) is 9.69 Å². The normalized spacial score (nSPS) is 13.6. The zero-order valence-electron chi connectivity index (χ0n) is 15.0. The number of carbonyl (C=O) groups is 2. The average Bonchev–Trinajstić information content (AvgIpc) is 2.97. The van der Waals surface area contributed by atoms with E-state index in [0.717, 1.165) is 22.3 Å². The van der Waals surface area contributed by atoms with Gasteiger partial charge in [0, 0.05) is 12.0 Å². The van der Waals surface area contributed by atoms with Crippen molar-refractivity contribution in [3.05, 3.63) is 59.7 Å². The molecule has 0 aromatic heterocycles. The molecule has 0 saturated carbocycles. The number of benzene rings is 2. The molecule has 1 aliphatic carbocycles. The lowest BCUT2D eigenvalue weighted by molar-refractivity contribution is -0.138. The summed E-state index contributed by atoms with van der Waals surface area (Å²) in [7, 11) is 0. The Hall–Kier alpha value is -2.82. The van der Waals surface area contributed by atoms with Gasteiger partial charge in [-0.15, -0.1) is 0 Å². The Labute approximate surface area is 153 Å². The smallest absolute Gasteiger partial charge is 0.410 e. The molecule has 0 saturated heterocycles.